The first-order chi connectivity index (χ1) is 12.0. The van der Waals surface area contributed by atoms with E-state index in [1.165, 1.54) is 4.88 Å². The van der Waals surface area contributed by atoms with Crippen LogP contribution in [-0.4, -0.2) is 12.5 Å². The van der Waals surface area contributed by atoms with Crippen LogP contribution in [0.25, 0.3) is 11.0 Å². The first kappa shape index (κ1) is 17.7. The fraction of sp³-hybridized carbons (Fsp3) is 0.350. The Hall–Kier alpha value is -2.11. The minimum absolute atomic E-state index is 0.0323. The van der Waals surface area contributed by atoms with Crippen molar-refractivity contribution in [1.29, 1.82) is 0 Å². The van der Waals surface area contributed by atoms with Crippen LogP contribution in [0.15, 0.2) is 52.3 Å². The first-order valence-electron chi connectivity index (χ1n) is 8.59. The summed E-state index contributed by atoms with van der Waals surface area (Å²) in [6.45, 7) is 6.54. The van der Waals surface area contributed by atoms with Crippen molar-refractivity contribution in [3.8, 4) is 0 Å². The molecule has 0 radical (unpaired) electrons. The molecule has 1 amide bonds. The fourth-order valence-corrected chi connectivity index (χ4v) is 3.89. The van der Waals surface area contributed by atoms with Crippen LogP contribution in [0.1, 0.15) is 43.5 Å². The molecule has 2 atom stereocenters. The van der Waals surface area contributed by atoms with Gasteiger partial charge in [-0.3, -0.25) is 4.79 Å². The van der Waals surface area contributed by atoms with E-state index in [0.717, 1.165) is 16.7 Å². The van der Waals surface area contributed by atoms with Gasteiger partial charge in [-0.2, -0.15) is 0 Å². The van der Waals surface area contributed by atoms with Crippen LogP contribution in [0.2, 0.25) is 0 Å². The molecule has 0 aliphatic heterocycles. The molecule has 25 heavy (non-hydrogen) atoms. The van der Waals surface area contributed by atoms with Gasteiger partial charge in [0.1, 0.15) is 11.3 Å². The van der Waals surface area contributed by atoms with Crippen molar-refractivity contribution in [2.24, 2.45) is 5.92 Å². The molecule has 0 fully saturated rings. The predicted molar refractivity (Wildman–Crippen MR) is 103 cm³/mol. The van der Waals surface area contributed by atoms with Gasteiger partial charge >= 0.3 is 0 Å². The Kier molecular flexibility index (Phi) is 5.56. The van der Waals surface area contributed by atoms with Crippen molar-refractivity contribution in [3.05, 3.63) is 58.5 Å². The van der Waals surface area contributed by atoms with E-state index in [1.807, 2.05) is 43.3 Å². The number of carbonyl (C=O) groups excluding carboxylic acids is 1. The molecular formula is C20H24N2O2S. The SMILES string of the molecule is CC(C)[C@@H](NCC(=O)N[C@H](C)c1cc2ccccc2o1)c1cccs1. The smallest absolute Gasteiger partial charge is 0.234 e. The molecule has 0 saturated carbocycles. The molecule has 132 valence electrons. The molecule has 0 bridgehead atoms. The van der Waals surface area contributed by atoms with Crippen molar-refractivity contribution < 1.29 is 9.21 Å². The van der Waals surface area contributed by atoms with E-state index in [4.69, 9.17) is 4.42 Å². The number of para-hydroxylation sites is 1. The van der Waals surface area contributed by atoms with Crippen LogP contribution >= 0.6 is 11.3 Å². The number of carbonyl (C=O) groups is 1. The van der Waals surface area contributed by atoms with Gasteiger partial charge in [0.2, 0.25) is 5.91 Å². The number of benzene rings is 1. The molecule has 3 aromatic rings. The van der Waals surface area contributed by atoms with Crippen molar-refractivity contribution in [2.45, 2.75) is 32.9 Å². The molecule has 0 saturated heterocycles. The normalized spacial score (nSPS) is 13.9. The number of nitrogens with one attached hydrogen (secondary N) is 2. The van der Waals surface area contributed by atoms with E-state index in [1.54, 1.807) is 11.3 Å². The molecule has 0 aliphatic rings. The second-order valence-electron chi connectivity index (χ2n) is 6.59. The van der Waals surface area contributed by atoms with Gasteiger partial charge in [-0.15, -0.1) is 11.3 Å². The molecule has 1 aromatic carbocycles. The summed E-state index contributed by atoms with van der Waals surface area (Å²) in [6.07, 6.45) is 0. The van der Waals surface area contributed by atoms with Crippen LogP contribution in [0.4, 0.5) is 0 Å². The number of hydrogen-bond donors (Lipinski definition) is 2. The second kappa shape index (κ2) is 7.85. The lowest BCUT2D eigenvalue weighted by Crippen LogP contribution is -2.38. The zero-order valence-corrected chi connectivity index (χ0v) is 15.6. The van der Waals surface area contributed by atoms with E-state index in [9.17, 15) is 4.79 Å². The van der Waals surface area contributed by atoms with Crippen molar-refractivity contribution in [3.63, 3.8) is 0 Å². The average molecular weight is 356 g/mol. The summed E-state index contributed by atoms with van der Waals surface area (Å²) < 4.78 is 5.82. The van der Waals surface area contributed by atoms with E-state index in [-0.39, 0.29) is 24.5 Å². The van der Waals surface area contributed by atoms with E-state index < -0.39 is 0 Å². The highest BCUT2D eigenvalue weighted by atomic mass is 32.1. The highest BCUT2D eigenvalue weighted by Crippen LogP contribution is 2.26. The third-order valence-electron chi connectivity index (χ3n) is 4.25. The van der Waals surface area contributed by atoms with Gasteiger partial charge in [-0.1, -0.05) is 38.1 Å². The molecule has 0 aliphatic carbocycles. The maximum absolute atomic E-state index is 12.3. The van der Waals surface area contributed by atoms with Gasteiger partial charge in [-0.25, -0.2) is 0 Å². The molecule has 5 heteroatoms. The Labute approximate surface area is 152 Å². The lowest BCUT2D eigenvalue weighted by molar-refractivity contribution is -0.121. The molecule has 2 N–H and O–H groups in total. The number of thiophene rings is 1. The summed E-state index contributed by atoms with van der Waals surface area (Å²) in [7, 11) is 0. The summed E-state index contributed by atoms with van der Waals surface area (Å²) >= 11 is 1.71. The second-order valence-corrected chi connectivity index (χ2v) is 7.57. The quantitative estimate of drug-likeness (QED) is 0.647. The van der Waals surface area contributed by atoms with E-state index >= 15 is 0 Å². The monoisotopic (exact) mass is 356 g/mol. The minimum Gasteiger partial charge on any atom is -0.459 e. The van der Waals surface area contributed by atoms with E-state index in [0.29, 0.717) is 5.92 Å². The predicted octanol–water partition coefficient (Wildman–Crippen LogP) is 4.66. The summed E-state index contributed by atoms with van der Waals surface area (Å²) in [5.74, 6) is 1.16. The van der Waals surface area contributed by atoms with Crippen molar-refractivity contribution in [1.82, 2.24) is 10.6 Å². The fourth-order valence-electron chi connectivity index (χ4n) is 2.92. The Morgan fingerprint density at radius 3 is 2.64 bits per heavy atom. The van der Waals surface area contributed by atoms with E-state index in [2.05, 4.69) is 35.9 Å². The Morgan fingerprint density at radius 2 is 1.96 bits per heavy atom. The molecule has 0 unspecified atom stereocenters. The molecular weight excluding hydrogens is 332 g/mol. The maximum Gasteiger partial charge on any atom is 0.234 e. The number of hydrogen-bond acceptors (Lipinski definition) is 4. The van der Waals surface area contributed by atoms with Gasteiger partial charge in [0.15, 0.2) is 0 Å². The number of furan rings is 1. The summed E-state index contributed by atoms with van der Waals surface area (Å²) in [4.78, 5) is 13.6. The standard InChI is InChI=1S/C20H24N2O2S/c1-13(2)20(18-9-6-10-25-18)21-12-19(23)22-14(3)17-11-15-7-4-5-8-16(15)24-17/h4-11,13-14,20-21H,12H2,1-3H3,(H,22,23)/t14-,20-/m1/s1. The highest BCUT2D eigenvalue weighted by Gasteiger charge is 2.19. The van der Waals surface area contributed by atoms with Gasteiger partial charge < -0.3 is 15.1 Å². The zero-order valence-electron chi connectivity index (χ0n) is 14.8. The van der Waals surface area contributed by atoms with Crippen LogP contribution in [0, 0.1) is 5.92 Å². The van der Waals surface area contributed by atoms with Gasteiger partial charge in [-0.05, 0) is 36.4 Å². The third-order valence-corrected chi connectivity index (χ3v) is 5.20. The molecule has 2 aromatic heterocycles. The number of rotatable bonds is 7. The largest absolute Gasteiger partial charge is 0.459 e. The number of fused-ring (bicyclic) bond motifs is 1. The molecule has 4 nitrogen and oxygen atoms in total. The lowest BCUT2D eigenvalue weighted by Gasteiger charge is -2.21. The van der Waals surface area contributed by atoms with Crippen LogP contribution in [0.5, 0.6) is 0 Å². The highest BCUT2D eigenvalue weighted by molar-refractivity contribution is 7.10. The van der Waals surface area contributed by atoms with Crippen molar-refractivity contribution >= 4 is 28.2 Å². The summed E-state index contributed by atoms with van der Waals surface area (Å²) in [5, 5.41) is 9.49. The van der Waals surface area contributed by atoms with Gasteiger partial charge in [0, 0.05) is 16.3 Å². The molecule has 2 heterocycles. The summed E-state index contributed by atoms with van der Waals surface area (Å²) in [5.41, 5.74) is 0.842. The molecule has 0 spiro atoms. The minimum atomic E-state index is -0.166. The van der Waals surface area contributed by atoms with Crippen LogP contribution < -0.4 is 10.6 Å². The Morgan fingerprint density at radius 1 is 1.16 bits per heavy atom. The van der Waals surface area contributed by atoms with Crippen LogP contribution in [-0.2, 0) is 4.79 Å². The molecule has 3 rings (SSSR count). The van der Waals surface area contributed by atoms with Crippen LogP contribution in [0.3, 0.4) is 0 Å². The topological polar surface area (TPSA) is 54.3 Å². The van der Waals surface area contributed by atoms with Gasteiger partial charge in [0.05, 0.1) is 12.6 Å². The zero-order chi connectivity index (χ0) is 17.8. The Bertz CT molecular complexity index is 790. The van der Waals surface area contributed by atoms with Crippen molar-refractivity contribution in [2.75, 3.05) is 6.54 Å². The maximum atomic E-state index is 12.3. The first-order valence-corrected chi connectivity index (χ1v) is 9.47. The Balaban J connectivity index is 1.58. The van der Waals surface area contributed by atoms with Gasteiger partial charge in [0.25, 0.3) is 0 Å². The lowest BCUT2D eigenvalue weighted by atomic mass is 10.0. The summed E-state index contributed by atoms with van der Waals surface area (Å²) in [6, 6.07) is 14.0. The average Bonchev–Trinajstić information content (AvgIpc) is 3.24. The number of amides is 1. The third kappa shape index (κ3) is 4.30.